The van der Waals surface area contributed by atoms with Crippen molar-refractivity contribution in [3.05, 3.63) is 71.0 Å². The standard InChI is InChI=1S/C16H17FN2O/c17-15-8-4-3-7-14(15)11-19-16(20)9-12-5-1-2-6-13(12)10-18/h1-8H,9-11,18H2,(H,19,20). The average molecular weight is 272 g/mol. The highest BCUT2D eigenvalue weighted by atomic mass is 19.1. The SMILES string of the molecule is NCc1ccccc1CC(=O)NCc1ccccc1F. The fourth-order valence-corrected chi connectivity index (χ4v) is 2.00. The zero-order valence-corrected chi connectivity index (χ0v) is 11.1. The summed E-state index contributed by atoms with van der Waals surface area (Å²) in [4.78, 5) is 11.9. The van der Waals surface area contributed by atoms with E-state index in [2.05, 4.69) is 5.32 Å². The van der Waals surface area contributed by atoms with Crippen molar-refractivity contribution < 1.29 is 9.18 Å². The van der Waals surface area contributed by atoms with E-state index in [4.69, 9.17) is 5.73 Å². The molecule has 0 unspecified atom stereocenters. The molecule has 0 aromatic heterocycles. The Hall–Kier alpha value is -2.20. The van der Waals surface area contributed by atoms with E-state index < -0.39 is 0 Å². The van der Waals surface area contributed by atoms with Crippen LogP contribution >= 0.6 is 0 Å². The number of rotatable bonds is 5. The number of carbonyl (C=O) groups excluding carboxylic acids is 1. The summed E-state index contributed by atoms with van der Waals surface area (Å²) in [7, 11) is 0. The van der Waals surface area contributed by atoms with Crippen LogP contribution in [0.3, 0.4) is 0 Å². The molecule has 3 nitrogen and oxygen atoms in total. The Morgan fingerprint density at radius 3 is 2.25 bits per heavy atom. The summed E-state index contributed by atoms with van der Waals surface area (Å²) >= 11 is 0. The predicted molar refractivity (Wildman–Crippen MR) is 76.3 cm³/mol. The van der Waals surface area contributed by atoms with Gasteiger partial charge in [0.2, 0.25) is 5.91 Å². The van der Waals surface area contributed by atoms with Gasteiger partial charge in [0.25, 0.3) is 0 Å². The van der Waals surface area contributed by atoms with Crippen LogP contribution in [0.2, 0.25) is 0 Å². The van der Waals surface area contributed by atoms with Gasteiger partial charge in [0, 0.05) is 18.7 Å². The van der Waals surface area contributed by atoms with E-state index >= 15 is 0 Å². The molecule has 0 saturated heterocycles. The summed E-state index contributed by atoms with van der Waals surface area (Å²) in [6, 6.07) is 14.0. The van der Waals surface area contributed by atoms with E-state index in [1.54, 1.807) is 18.2 Å². The van der Waals surface area contributed by atoms with Gasteiger partial charge in [-0.2, -0.15) is 0 Å². The Morgan fingerprint density at radius 2 is 1.60 bits per heavy atom. The van der Waals surface area contributed by atoms with Gasteiger partial charge in [0.1, 0.15) is 5.82 Å². The minimum absolute atomic E-state index is 0.144. The second-order valence-electron chi connectivity index (χ2n) is 4.52. The maximum absolute atomic E-state index is 13.4. The smallest absolute Gasteiger partial charge is 0.224 e. The van der Waals surface area contributed by atoms with Crippen molar-refractivity contribution in [1.29, 1.82) is 0 Å². The topological polar surface area (TPSA) is 55.1 Å². The Balaban J connectivity index is 1.95. The van der Waals surface area contributed by atoms with Crippen LogP contribution in [0.15, 0.2) is 48.5 Å². The Labute approximate surface area is 117 Å². The minimum Gasteiger partial charge on any atom is -0.352 e. The fourth-order valence-electron chi connectivity index (χ4n) is 2.00. The maximum atomic E-state index is 13.4. The lowest BCUT2D eigenvalue weighted by atomic mass is 10.0. The van der Waals surface area contributed by atoms with Crippen molar-refractivity contribution in [2.45, 2.75) is 19.5 Å². The van der Waals surface area contributed by atoms with Crippen LogP contribution in [0.25, 0.3) is 0 Å². The van der Waals surface area contributed by atoms with Crippen LogP contribution < -0.4 is 11.1 Å². The molecule has 0 aliphatic heterocycles. The van der Waals surface area contributed by atoms with Crippen molar-refractivity contribution in [2.75, 3.05) is 0 Å². The quantitative estimate of drug-likeness (QED) is 0.876. The molecule has 2 aromatic carbocycles. The van der Waals surface area contributed by atoms with Gasteiger partial charge >= 0.3 is 0 Å². The van der Waals surface area contributed by atoms with Gasteiger partial charge in [-0.25, -0.2) is 4.39 Å². The summed E-state index contributed by atoms with van der Waals surface area (Å²) in [5.41, 5.74) is 7.97. The number of nitrogens with two attached hydrogens (primary N) is 1. The molecule has 20 heavy (non-hydrogen) atoms. The summed E-state index contributed by atoms with van der Waals surface area (Å²) < 4.78 is 13.4. The second-order valence-corrected chi connectivity index (χ2v) is 4.52. The molecule has 0 heterocycles. The molecule has 0 saturated carbocycles. The molecule has 0 aliphatic carbocycles. The molecule has 0 radical (unpaired) electrons. The van der Waals surface area contributed by atoms with E-state index in [1.807, 2.05) is 24.3 Å². The van der Waals surface area contributed by atoms with E-state index in [0.717, 1.165) is 11.1 Å². The third-order valence-corrected chi connectivity index (χ3v) is 3.12. The molecule has 0 aliphatic rings. The van der Waals surface area contributed by atoms with Gasteiger partial charge in [-0.05, 0) is 17.2 Å². The molecule has 2 rings (SSSR count). The zero-order valence-electron chi connectivity index (χ0n) is 11.1. The number of benzene rings is 2. The van der Waals surface area contributed by atoms with Gasteiger partial charge in [-0.15, -0.1) is 0 Å². The first-order valence-corrected chi connectivity index (χ1v) is 6.47. The maximum Gasteiger partial charge on any atom is 0.224 e. The molecule has 2 aromatic rings. The van der Waals surface area contributed by atoms with Crippen molar-refractivity contribution in [3.8, 4) is 0 Å². The lowest BCUT2D eigenvalue weighted by molar-refractivity contribution is -0.120. The largest absolute Gasteiger partial charge is 0.352 e. The number of carbonyl (C=O) groups is 1. The molecule has 104 valence electrons. The van der Waals surface area contributed by atoms with Crippen molar-refractivity contribution in [3.63, 3.8) is 0 Å². The molecule has 3 N–H and O–H groups in total. The number of nitrogens with one attached hydrogen (secondary N) is 1. The number of hydrogen-bond acceptors (Lipinski definition) is 2. The monoisotopic (exact) mass is 272 g/mol. The van der Waals surface area contributed by atoms with Crippen molar-refractivity contribution >= 4 is 5.91 Å². The first-order chi connectivity index (χ1) is 9.70. The van der Waals surface area contributed by atoms with E-state index in [9.17, 15) is 9.18 Å². The van der Waals surface area contributed by atoms with Crippen LogP contribution in [0.4, 0.5) is 4.39 Å². The van der Waals surface area contributed by atoms with Crippen molar-refractivity contribution in [1.82, 2.24) is 5.32 Å². The normalized spacial score (nSPS) is 10.3. The van der Waals surface area contributed by atoms with Crippen molar-refractivity contribution in [2.24, 2.45) is 5.73 Å². The van der Waals surface area contributed by atoms with E-state index in [0.29, 0.717) is 12.1 Å². The third kappa shape index (κ3) is 3.65. The molecule has 1 amide bonds. The highest BCUT2D eigenvalue weighted by molar-refractivity contribution is 5.78. The first-order valence-electron chi connectivity index (χ1n) is 6.47. The van der Waals surface area contributed by atoms with E-state index in [-0.39, 0.29) is 24.7 Å². The van der Waals surface area contributed by atoms with Crippen LogP contribution in [0, 0.1) is 5.82 Å². The number of amides is 1. The van der Waals surface area contributed by atoms with Crippen LogP contribution in [0.1, 0.15) is 16.7 Å². The van der Waals surface area contributed by atoms with Crippen LogP contribution in [-0.2, 0) is 24.3 Å². The van der Waals surface area contributed by atoms with Gasteiger partial charge in [-0.3, -0.25) is 4.79 Å². The predicted octanol–water partition coefficient (Wildman–Crippen LogP) is 2.14. The summed E-state index contributed by atoms with van der Waals surface area (Å²) in [6.07, 6.45) is 0.252. The summed E-state index contributed by atoms with van der Waals surface area (Å²) in [6.45, 7) is 0.590. The molecule has 0 fully saturated rings. The van der Waals surface area contributed by atoms with E-state index in [1.165, 1.54) is 6.07 Å². The lowest BCUT2D eigenvalue weighted by Crippen LogP contribution is -2.25. The highest BCUT2D eigenvalue weighted by Gasteiger charge is 2.08. The Morgan fingerprint density at radius 1 is 1.00 bits per heavy atom. The second kappa shape index (κ2) is 6.82. The van der Waals surface area contributed by atoms with Crippen LogP contribution in [-0.4, -0.2) is 5.91 Å². The molecule has 4 heteroatoms. The van der Waals surface area contributed by atoms with Gasteiger partial charge < -0.3 is 11.1 Å². The molecular formula is C16H17FN2O. The molecule has 0 bridgehead atoms. The highest BCUT2D eigenvalue weighted by Crippen LogP contribution is 2.09. The molecular weight excluding hydrogens is 255 g/mol. The lowest BCUT2D eigenvalue weighted by Gasteiger charge is -2.09. The summed E-state index contributed by atoms with van der Waals surface area (Å²) in [5, 5.41) is 2.72. The Kier molecular flexibility index (Phi) is 4.85. The fraction of sp³-hybridized carbons (Fsp3) is 0.188. The average Bonchev–Trinajstić information content (AvgIpc) is 2.47. The molecule has 0 spiro atoms. The molecule has 0 atom stereocenters. The number of halogens is 1. The zero-order chi connectivity index (χ0) is 14.4. The van der Waals surface area contributed by atoms with Gasteiger partial charge in [-0.1, -0.05) is 42.5 Å². The number of hydrogen-bond donors (Lipinski definition) is 2. The first kappa shape index (κ1) is 14.2. The van der Waals surface area contributed by atoms with Gasteiger partial charge in [0.15, 0.2) is 0 Å². The summed E-state index contributed by atoms with van der Waals surface area (Å²) in [5.74, 6) is -0.454. The minimum atomic E-state index is -0.310. The Bertz CT molecular complexity index is 599. The van der Waals surface area contributed by atoms with Gasteiger partial charge in [0.05, 0.1) is 6.42 Å². The van der Waals surface area contributed by atoms with Crippen LogP contribution in [0.5, 0.6) is 0 Å². The third-order valence-electron chi connectivity index (χ3n) is 3.12.